The zero-order valence-corrected chi connectivity index (χ0v) is 13.5. The summed E-state index contributed by atoms with van der Waals surface area (Å²) in [6.45, 7) is 1.81. The van der Waals surface area contributed by atoms with Crippen LogP contribution in [0, 0.1) is 18.3 Å². The lowest BCUT2D eigenvalue weighted by Gasteiger charge is -2.24. The maximum absolute atomic E-state index is 12.8. The van der Waals surface area contributed by atoms with Crippen LogP contribution >= 0.6 is 11.3 Å². The highest BCUT2D eigenvalue weighted by atomic mass is 32.1. The lowest BCUT2D eigenvalue weighted by atomic mass is 9.88. The zero-order valence-electron chi connectivity index (χ0n) is 12.7. The predicted molar refractivity (Wildman–Crippen MR) is 90.8 cm³/mol. The van der Waals surface area contributed by atoms with Crippen LogP contribution in [0.5, 0.6) is 5.75 Å². The first-order valence-electron chi connectivity index (χ1n) is 7.30. The van der Waals surface area contributed by atoms with E-state index in [1.54, 1.807) is 12.1 Å². The number of nitrogens with two attached hydrogens (primary N) is 1. The molecule has 0 aliphatic carbocycles. The molecule has 2 aromatic heterocycles. The lowest BCUT2D eigenvalue weighted by Crippen LogP contribution is -2.25. The summed E-state index contributed by atoms with van der Waals surface area (Å²) in [5.41, 5.74) is 6.57. The number of allylic oxidation sites excluding steroid dienone is 1. The van der Waals surface area contributed by atoms with Gasteiger partial charge in [0.05, 0.1) is 11.5 Å². The first kappa shape index (κ1) is 14.5. The second kappa shape index (κ2) is 5.25. The number of nitriles is 1. The van der Waals surface area contributed by atoms with Crippen molar-refractivity contribution in [2.45, 2.75) is 12.8 Å². The molecule has 0 amide bonds. The molecule has 4 rings (SSSR count). The number of furan rings is 1. The molecular weight excluding hydrogens is 324 g/mol. The van der Waals surface area contributed by atoms with Gasteiger partial charge < -0.3 is 14.9 Å². The van der Waals surface area contributed by atoms with Gasteiger partial charge in [-0.25, -0.2) is 0 Å². The van der Waals surface area contributed by atoms with E-state index in [0.717, 1.165) is 21.4 Å². The van der Waals surface area contributed by atoms with Gasteiger partial charge in [-0.3, -0.25) is 4.79 Å². The Balaban J connectivity index is 2.10. The Morgan fingerprint density at radius 1 is 1.25 bits per heavy atom. The van der Waals surface area contributed by atoms with E-state index >= 15 is 0 Å². The molecule has 3 aromatic rings. The van der Waals surface area contributed by atoms with Crippen molar-refractivity contribution in [1.82, 2.24) is 0 Å². The molecule has 0 spiro atoms. The minimum atomic E-state index is -0.652. The summed E-state index contributed by atoms with van der Waals surface area (Å²) in [5, 5.41) is 10.3. The van der Waals surface area contributed by atoms with Crippen LogP contribution in [0.3, 0.4) is 0 Å². The highest BCUT2D eigenvalue weighted by molar-refractivity contribution is 7.16. The normalized spacial score (nSPS) is 16.6. The Morgan fingerprint density at radius 2 is 2.04 bits per heavy atom. The monoisotopic (exact) mass is 336 g/mol. The largest absolute Gasteiger partial charge is 0.465 e. The summed E-state index contributed by atoms with van der Waals surface area (Å²) in [5.74, 6) is 0.970. The number of nitrogens with zero attached hydrogens (tertiary/aromatic N) is 1. The van der Waals surface area contributed by atoms with E-state index in [9.17, 15) is 10.1 Å². The van der Waals surface area contributed by atoms with Gasteiger partial charge in [0.1, 0.15) is 28.9 Å². The quantitative estimate of drug-likeness (QED) is 0.736. The van der Waals surface area contributed by atoms with Gasteiger partial charge in [0.2, 0.25) is 10.6 Å². The fourth-order valence-electron chi connectivity index (χ4n) is 2.96. The molecule has 0 bridgehead atoms. The van der Waals surface area contributed by atoms with E-state index in [0.29, 0.717) is 22.8 Å². The molecule has 0 unspecified atom stereocenters. The van der Waals surface area contributed by atoms with Gasteiger partial charge in [0.25, 0.3) is 0 Å². The van der Waals surface area contributed by atoms with Crippen LogP contribution in [-0.2, 0) is 0 Å². The third-order valence-corrected chi connectivity index (χ3v) is 5.00. The van der Waals surface area contributed by atoms with Crippen molar-refractivity contribution in [1.29, 1.82) is 5.26 Å². The van der Waals surface area contributed by atoms with Crippen molar-refractivity contribution in [3.05, 3.63) is 74.5 Å². The number of benzene rings is 1. The maximum Gasteiger partial charge on any atom is 0.240 e. The van der Waals surface area contributed by atoms with Crippen molar-refractivity contribution in [2.24, 2.45) is 5.73 Å². The van der Waals surface area contributed by atoms with Crippen molar-refractivity contribution in [2.75, 3.05) is 0 Å². The van der Waals surface area contributed by atoms with Crippen LogP contribution in [0.1, 0.15) is 23.0 Å². The molecule has 24 heavy (non-hydrogen) atoms. The van der Waals surface area contributed by atoms with E-state index in [2.05, 4.69) is 6.07 Å². The number of hydrogen-bond donors (Lipinski definition) is 1. The molecule has 1 aliphatic rings. The summed E-state index contributed by atoms with van der Waals surface area (Å²) in [4.78, 5) is 12.8. The van der Waals surface area contributed by atoms with E-state index in [-0.39, 0.29) is 16.2 Å². The third-order valence-electron chi connectivity index (χ3n) is 4.02. The number of rotatable bonds is 1. The van der Waals surface area contributed by atoms with Crippen molar-refractivity contribution >= 4 is 21.4 Å². The number of ether oxygens (including phenoxy) is 1. The van der Waals surface area contributed by atoms with E-state index in [1.807, 2.05) is 31.2 Å². The van der Waals surface area contributed by atoms with E-state index in [1.165, 1.54) is 0 Å². The molecule has 0 saturated heterocycles. The summed E-state index contributed by atoms with van der Waals surface area (Å²) < 4.78 is 12.0. The fraction of sp³-hybridized carbons (Fsp3) is 0.111. The van der Waals surface area contributed by atoms with Gasteiger partial charge >= 0.3 is 0 Å². The van der Waals surface area contributed by atoms with Crippen LogP contribution in [0.15, 0.2) is 57.1 Å². The summed E-state index contributed by atoms with van der Waals surface area (Å²) in [7, 11) is 0. The van der Waals surface area contributed by atoms with Gasteiger partial charge in [-0.15, -0.1) is 0 Å². The van der Waals surface area contributed by atoms with Gasteiger partial charge in [-0.05, 0) is 31.2 Å². The molecular formula is C18H12N2O3S. The second-order valence-corrected chi connectivity index (χ2v) is 6.52. The van der Waals surface area contributed by atoms with Gasteiger partial charge in [-0.2, -0.15) is 5.26 Å². The molecule has 1 atom stereocenters. The molecule has 2 N–H and O–H groups in total. The average molecular weight is 336 g/mol. The molecule has 5 nitrogen and oxygen atoms in total. The van der Waals surface area contributed by atoms with E-state index < -0.39 is 5.92 Å². The topological polar surface area (TPSA) is 89.3 Å². The molecule has 0 saturated carbocycles. The molecule has 0 radical (unpaired) electrons. The molecule has 3 heterocycles. The number of hydrogen-bond acceptors (Lipinski definition) is 6. The highest BCUT2D eigenvalue weighted by Gasteiger charge is 2.36. The van der Waals surface area contributed by atoms with Gasteiger partial charge in [0, 0.05) is 10.1 Å². The minimum absolute atomic E-state index is 0.00445. The predicted octanol–water partition coefficient (Wildman–Crippen LogP) is 3.38. The number of aryl methyl sites for hydroxylation is 1. The Morgan fingerprint density at radius 3 is 2.75 bits per heavy atom. The molecule has 1 aromatic carbocycles. The van der Waals surface area contributed by atoms with E-state index in [4.69, 9.17) is 14.9 Å². The molecule has 6 heteroatoms. The van der Waals surface area contributed by atoms with Gasteiger partial charge in [-0.1, -0.05) is 23.5 Å². The zero-order chi connectivity index (χ0) is 16.8. The summed E-state index contributed by atoms with van der Waals surface area (Å²) in [6.07, 6.45) is 0. The minimum Gasteiger partial charge on any atom is -0.465 e. The van der Waals surface area contributed by atoms with Crippen LogP contribution in [0.4, 0.5) is 0 Å². The Bertz CT molecular complexity index is 1100. The average Bonchev–Trinajstić information content (AvgIpc) is 3.00. The standard InChI is InChI=1S/C18H12N2O3S/c1-9-6-7-12(22-9)14-11(8-19)17(20)23-16-10-4-2-3-5-13(10)24-18(21)15(14)16/h2-7,14H,20H2,1H3/t14-/m0/s1. The maximum atomic E-state index is 12.8. The van der Waals surface area contributed by atoms with Gasteiger partial charge in [0.15, 0.2) is 0 Å². The van der Waals surface area contributed by atoms with Crippen LogP contribution in [0.2, 0.25) is 0 Å². The first-order valence-corrected chi connectivity index (χ1v) is 8.11. The second-order valence-electron chi connectivity index (χ2n) is 5.50. The third kappa shape index (κ3) is 2.02. The molecule has 118 valence electrons. The first-order chi connectivity index (χ1) is 11.6. The van der Waals surface area contributed by atoms with Crippen LogP contribution < -0.4 is 15.2 Å². The smallest absolute Gasteiger partial charge is 0.240 e. The van der Waals surface area contributed by atoms with Crippen molar-refractivity contribution in [3.8, 4) is 11.8 Å². The summed E-state index contributed by atoms with van der Waals surface area (Å²) >= 11 is 1.13. The SMILES string of the molecule is Cc1ccc([C@@H]2C(C#N)=C(N)Oc3c2c(=O)sc2ccccc32)o1. The lowest BCUT2D eigenvalue weighted by molar-refractivity contribution is 0.386. The van der Waals surface area contributed by atoms with Crippen molar-refractivity contribution < 1.29 is 9.15 Å². The Kier molecular flexibility index (Phi) is 3.18. The number of fused-ring (bicyclic) bond motifs is 3. The summed E-state index contributed by atoms with van der Waals surface area (Å²) in [6, 6.07) is 13.1. The highest BCUT2D eigenvalue weighted by Crippen LogP contribution is 2.44. The molecule has 0 fully saturated rings. The van der Waals surface area contributed by atoms with Crippen LogP contribution in [0.25, 0.3) is 10.1 Å². The fourth-order valence-corrected chi connectivity index (χ4v) is 3.90. The molecule has 1 aliphatic heterocycles. The Labute approximate surface area is 141 Å². The van der Waals surface area contributed by atoms with Crippen molar-refractivity contribution in [3.63, 3.8) is 0 Å². The Hall–Kier alpha value is -3.04. The van der Waals surface area contributed by atoms with Crippen LogP contribution in [-0.4, -0.2) is 0 Å².